The summed E-state index contributed by atoms with van der Waals surface area (Å²) in [4.78, 5) is 12.2. The summed E-state index contributed by atoms with van der Waals surface area (Å²) < 4.78 is 1.47. The van der Waals surface area contributed by atoms with Crippen LogP contribution in [0.1, 0.15) is 10.4 Å². The van der Waals surface area contributed by atoms with E-state index in [1.54, 1.807) is 30.3 Å². The second-order valence-corrected chi connectivity index (χ2v) is 7.18. The largest absolute Gasteiger partial charge is 0.506 e. The van der Waals surface area contributed by atoms with Gasteiger partial charge in [-0.15, -0.1) is 0 Å². The summed E-state index contributed by atoms with van der Waals surface area (Å²) in [6, 6.07) is 8.14. The molecule has 7 heteroatoms. The van der Waals surface area contributed by atoms with Crippen molar-refractivity contribution in [3.8, 4) is 5.75 Å². The number of carbonyl (C=O) groups excluding carboxylic acids is 1. The van der Waals surface area contributed by atoms with Gasteiger partial charge in [0.2, 0.25) is 0 Å². The molecule has 0 unspecified atom stereocenters. The number of rotatable bonds is 2. The molecule has 3 nitrogen and oxygen atoms in total. The lowest BCUT2D eigenvalue weighted by molar-refractivity contribution is 0.102. The molecular formula is C13H7Cl2I2NO2. The highest BCUT2D eigenvalue weighted by atomic mass is 127. The van der Waals surface area contributed by atoms with Gasteiger partial charge in [0.15, 0.2) is 0 Å². The smallest absolute Gasteiger partial charge is 0.259 e. The summed E-state index contributed by atoms with van der Waals surface area (Å²) in [5, 5.41) is 13.5. The molecule has 0 aliphatic carbocycles. The molecule has 0 aliphatic rings. The Kier molecular flexibility index (Phi) is 5.38. The van der Waals surface area contributed by atoms with Crippen molar-refractivity contribution in [3.05, 3.63) is 53.1 Å². The Bertz CT molecular complexity index is 672. The summed E-state index contributed by atoms with van der Waals surface area (Å²) in [5.74, 6) is -0.464. The van der Waals surface area contributed by atoms with E-state index >= 15 is 0 Å². The fourth-order valence-electron chi connectivity index (χ4n) is 1.56. The molecule has 0 radical (unpaired) electrons. The van der Waals surface area contributed by atoms with Gasteiger partial charge in [-0.3, -0.25) is 4.79 Å². The Morgan fingerprint density at radius 1 is 1.05 bits per heavy atom. The molecular weight excluding hydrogens is 527 g/mol. The number of aromatic hydroxyl groups is 1. The van der Waals surface area contributed by atoms with Gasteiger partial charge in [0.25, 0.3) is 5.91 Å². The zero-order chi connectivity index (χ0) is 14.9. The zero-order valence-corrected chi connectivity index (χ0v) is 15.6. The van der Waals surface area contributed by atoms with Crippen LogP contribution in [0.15, 0.2) is 30.3 Å². The van der Waals surface area contributed by atoms with Crippen molar-refractivity contribution in [3.63, 3.8) is 0 Å². The molecule has 0 spiro atoms. The van der Waals surface area contributed by atoms with E-state index in [1.165, 1.54) is 0 Å². The second kappa shape index (κ2) is 6.67. The van der Waals surface area contributed by atoms with Gasteiger partial charge < -0.3 is 10.4 Å². The molecule has 2 rings (SSSR count). The summed E-state index contributed by atoms with van der Waals surface area (Å²) in [7, 11) is 0. The molecule has 2 aromatic rings. The van der Waals surface area contributed by atoms with Gasteiger partial charge in [0.05, 0.1) is 9.13 Å². The predicted molar refractivity (Wildman–Crippen MR) is 98.0 cm³/mol. The maximum absolute atomic E-state index is 12.2. The van der Waals surface area contributed by atoms with E-state index in [1.807, 2.05) is 22.6 Å². The lowest BCUT2D eigenvalue weighted by atomic mass is 10.2. The molecule has 2 aromatic carbocycles. The molecule has 0 bridgehead atoms. The minimum Gasteiger partial charge on any atom is -0.506 e. The topological polar surface area (TPSA) is 49.3 Å². The number of nitrogens with one attached hydrogen (secondary N) is 1. The first-order chi connectivity index (χ1) is 9.36. The van der Waals surface area contributed by atoms with E-state index < -0.39 is 5.91 Å². The highest BCUT2D eigenvalue weighted by Gasteiger charge is 2.15. The van der Waals surface area contributed by atoms with Crippen LogP contribution in [0.3, 0.4) is 0 Å². The van der Waals surface area contributed by atoms with Crippen molar-refractivity contribution in [1.29, 1.82) is 0 Å². The number of hydrogen-bond donors (Lipinski definition) is 2. The monoisotopic (exact) mass is 533 g/mol. The number of anilines is 1. The first-order valence-corrected chi connectivity index (χ1v) is 8.23. The minimum atomic E-state index is -0.419. The molecule has 0 saturated carbocycles. The van der Waals surface area contributed by atoms with Crippen molar-refractivity contribution in [1.82, 2.24) is 0 Å². The van der Waals surface area contributed by atoms with Crippen LogP contribution in [0.4, 0.5) is 5.69 Å². The summed E-state index contributed by atoms with van der Waals surface area (Å²) in [5.41, 5.74) is 0.679. The van der Waals surface area contributed by atoms with Gasteiger partial charge in [0.1, 0.15) is 5.75 Å². The number of benzene rings is 2. The minimum absolute atomic E-state index is 0.0448. The normalized spacial score (nSPS) is 10.4. The number of hydrogen-bond acceptors (Lipinski definition) is 2. The van der Waals surface area contributed by atoms with Gasteiger partial charge >= 0.3 is 0 Å². The number of carbonyl (C=O) groups is 1. The van der Waals surface area contributed by atoms with Crippen LogP contribution in [-0.4, -0.2) is 11.0 Å². The first kappa shape index (κ1) is 16.1. The van der Waals surface area contributed by atoms with Crippen LogP contribution < -0.4 is 5.32 Å². The third-order valence-corrected chi connectivity index (χ3v) is 4.27. The molecule has 0 aliphatic heterocycles. The van der Waals surface area contributed by atoms with Crippen LogP contribution in [0.25, 0.3) is 0 Å². The molecule has 0 saturated heterocycles. The Hall–Kier alpha value is -0.250. The molecule has 0 heterocycles. The summed E-state index contributed by atoms with van der Waals surface area (Å²) in [6.07, 6.45) is 0. The zero-order valence-electron chi connectivity index (χ0n) is 9.75. The Morgan fingerprint density at radius 2 is 1.65 bits per heavy atom. The summed E-state index contributed by atoms with van der Waals surface area (Å²) in [6.45, 7) is 0. The van der Waals surface area contributed by atoms with E-state index in [9.17, 15) is 9.90 Å². The molecule has 0 atom stereocenters. The highest BCUT2D eigenvalue weighted by Crippen LogP contribution is 2.28. The molecule has 0 aromatic heterocycles. The van der Waals surface area contributed by atoms with Crippen molar-refractivity contribution in [2.24, 2.45) is 0 Å². The number of amides is 1. The third kappa shape index (κ3) is 3.90. The standard InChI is InChI=1S/C13H7Cl2I2NO2/c14-6-1-7(15)3-9(2-6)18-13(20)10-4-8(16)5-11(17)12(10)19/h1-5,19H,(H,18,20). The maximum Gasteiger partial charge on any atom is 0.259 e. The Morgan fingerprint density at radius 3 is 2.25 bits per heavy atom. The fourth-order valence-corrected chi connectivity index (χ4v) is 3.93. The first-order valence-electron chi connectivity index (χ1n) is 5.32. The van der Waals surface area contributed by atoms with Gasteiger partial charge in [-0.05, 0) is 75.5 Å². The lowest BCUT2D eigenvalue weighted by Gasteiger charge is -2.09. The molecule has 104 valence electrons. The van der Waals surface area contributed by atoms with Gasteiger partial charge in [0, 0.05) is 19.3 Å². The summed E-state index contributed by atoms with van der Waals surface area (Å²) >= 11 is 15.8. The Labute approximate surface area is 152 Å². The van der Waals surface area contributed by atoms with Gasteiger partial charge in [-0.1, -0.05) is 23.2 Å². The second-order valence-electron chi connectivity index (χ2n) is 3.90. The van der Waals surface area contributed by atoms with Crippen molar-refractivity contribution in [2.75, 3.05) is 5.32 Å². The number of phenols is 1. The quantitative estimate of drug-likeness (QED) is 0.524. The van der Waals surface area contributed by atoms with Crippen LogP contribution >= 0.6 is 68.4 Å². The van der Waals surface area contributed by atoms with E-state index in [0.29, 0.717) is 19.3 Å². The molecule has 1 amide bonds. The van der Waals surface area contributed by atoms with Crippen molar-refractivity contribution in [2.45, 2.75) is 0 Å². The van der Waals surface area contributed by atoms with E-state index in [2.05, 4.69) is 27.9 Å². The lowest BCUT2D eigenvalue weighted by Crippen LogP contribution is -2.12. The number of halogens is 4. The SMILES string of the molecule is O=C(Nc1cc(Cl)cc(Cl)c1)c1cc(I)cc(I)c1O. The fraction of sp³-hybridized carbons (Fsp3) is 0. The molecule has 0 fully saturated rings. The van der Waals surface area contributed by atoms with Crippen molar-refractivity contribution >= 4 is 80.0 Å². The average Bonchev–Trinajstić information content (AvgIpc) is 2.32. The van der Waals surface area contributed by atoms with Crippen LogP contribution in [0.2, 0.25) is 10.0 Å². The average molecular weight is 534 g/mol. The predicted octanol–water partition coefficient (Wildman–Crippen LogP) is 5.16. The number of phenolic OH excluding ortho intramolecular Hbond substituents is 1. The third-order valence-electron chi connectivity index (χ3n) is 2.39. The molecule has 20 heavy (non-hydrogen) atoms. The van der Waals surface area contributed by atoms with Crippen LogP contribution in [-0.2, 0) is 0 Å². The van der Waals surface area contributed by atoms with Gasteiger partial charge in [-0.2, -0.15) is 0 Å². The van der Waals surface area contributed by atoms with Crippen molar-refractivity contribution < 1.29 is 9.90 Å². The van der Waals surface area contributed by atoms with E-state index in [-0.39, 0.29) is 11.3 Å². The van der Waals surface area contributed by atoms with E-state index in [0.717, 1.165) is 3.57 Å². The van der Waals surface area contributed by atoms with E-state index in [4.69, 9.17) is 23.2 Å². The molecule has 2 N–H and O–H groups in total. The van der Waals surface area contributed by atoms with Crippen LogP contribution in [0.5, 0.6) is 5.75 Å². The van der Waals surface area contributed by atoms with Crippen LogP contribution in [0, 0.1) is 7.14 Å². The maximum atomic E-state index is 12.2. The van der Waals surface area contributed by atoms with Gasteiger partial charge in [-0.25, -0.2) is 0 Å². The Balaban J connectivity index is 2.33. The highest BCUT2D eigenvalue weighted by molar-refractivity contribution is 14.1.